The van der Waals surface area contributed by atoms with Crippen LogP contribution in [0.25, 0.3) is 11.3 Å². The minimum Gasteiger partial charge on any atom is -0.396 e. The van der Waals surface area contributed by atoms with Gasteiger partial charge in [0.25, 0.3) is 0 Å². The Bertz CT molecular complexity index is 445. The number of rotatable bonds is 1. The summed E-state index contributed by atoms with van der Waals surface area (Å²) in [6.07, 6.45) is 1.68. The number of nitrogens with zero attached hydrogens (tertiary/aromatic N) is 2. The molecule has 0 atom stereocenters. The average molecular weight is 190 g/mol. The highest BCUT2D eigenvalue weighted by molar-refractivity contribution is 5.74. The molecular formula is C10H14N4. The van der Waals surface area contributed by atoms with Gasteiger partial charge in [0.15, 0.2) is 0 Å². The van der Waals surface area contributed by atoms with E-state index in [1.165, 1.54) is 0 Å². The largest absolute Gasteiger partial charge is 0.396 e. The summed E-state index contributed by atoms with van der Waals surface area (Å²) in [6, 6.07) is 2.09. The van der Waals surface area contributed by atoms with Gasteiger partial charge < -0.3 is 10.7 Å². The molecule has 14 heavy (non-hydrogen) atoms. The predicted octanol–water partition coefficient (Wildman–Crippen LogP) is 1.61. The van der Waals surface area contributed by atoms with E-state index in [4.69, 9.17) is 5.73 Å². The quantitative estimate of drug-likeness (QED) is 0.717. The van der Waals surface area contributed by atoms with Crippen molar-refractivity contribution in [1.82, 2.24) is 14.8 Å². The van der Waals surface area contributed by atoms with Gasteiger partial charge in [-0.2, -0.15) is 5.10 Å². The molecule has 0 saturated carbocycles. The van der Waals surface area contributed by atoms with Crippen molar-refractivity contribution < 1.29 is 0 Å². The molecule has 4 heteroatoms. The normalized spacial score (nSPS) is 10.8. The Kier molecular flexibility index (Phi) is 1.84. The molecule has 0 aliphatic rings. The van der Waals surface area contributed by atoms with E-state index >= 15 is 0 Å². The monoisotopic (exact) mass is 190 g/mol. The Morgan fingerprint density at radius 1 is 1.43 bits per heavy atom. The highest BCUT2D eigenvalue weighted by Gasteiger charge is 2.12. The molecule has 0 amide bonds. The summed E-state index contributed by atoms with van der Waals surface area (Å²) < 4.78 is 1.80. The molecule has 0 unspecified atom stereocenters. The number of nitrogens with one attached hydrogen (secondary N) is 1. The van der Waals surface area contributed by atoms with Crippen LogP contribution in [0.15, 0.2) is 12.3 Å². The molecule has 74 valence electrons. The van der Waals surface area contributed by atoms with Gasteiger partial charge in [0, 0.05) is 24.0 Å². The molecule has 2 aromatic heterocycles. The van der Waals surface area contributed by atoms with Crippen LogP contribution in [0.2, 0.25) is 0 Å². The van der Waals surface area contributed by atoms with Crippen molar-refractivity contribution in [3.8, 4) is 11.3 Å². The lowest BCUT2D eigenvalue weighted by Gasteiger charge is -2.01. The molecule has 0 bridgehead atoms. The smallest absolute Gasteiger partial charge is 0.0926 e. The van der Waals surface area contributed by atoms with E-state index in [9.17, 15) is 0 Å². The van der Waals surface area contributed by atoms with E-state index < -0.39 is 0 Å². The third-order valence-corrected chi connectivity index (χ3v) is 2.37. The number of H-pyrrole nitrogens is 1. The standard InChI is InChI=1S/C10H14N4/c1-6-4-8(7(2)13-6)10-9(11)5-12-14(10)3/h4-5,13H,11H2,1-3H3. The van der Waals surface area contributed by atoms with Crippen LogP contribution in [0.3, 0.4) is 0 Å². The van der Waals surface area contributed by atoms with Crippen LogP contribution in [0.1, 0.15) is 11.4 Å². The fourth-order valence-corrected chi connectivity index (χ4v) is 1.75. The number of nitrogens with two attached hydrogens (primary N) is 1. The van der Waals surface area contributed by atoms with Gasteiger partial charge >= 0.3 is 0 Å². The second-order valence-electron chi connectivity index (χ2n) is 3.56. The first-order valence-electron chi connectivity index (χ1n) is 4.53. The molecule has 0 radical (unpaired) electrons. The van der Waals surface area contributed by atoms with Gasteiger partial charge in [-0.25, -0.2) is 0 Å². The van der Waals surface area contributed by atoms with Gasteiger partial charge in [0.1, 0.15) is 0 Å². The van der Waals surface area contributed by atoms with Crippen LogP contribution in [0, 0.1) is 13.8 Å². The van der Waals surface area contributed by atoms with Crippen LogP contribution in [0.5, 0.6) is 0 Å². The van der Waals surface area contributed by atoms with Crippen LogP contribution >= 0.6 is 0 Å². The molecule has 4 nitrogen and oxygen atoms in total. The van der Waals surface area contributed by atoms with Crippen LogP contribution in [0.4, 0.5) is 5.69 Å². The number of nitrogen functional groups attached to an aromatic ring is 1. The lowest BCUT2D eigenvalue weighted by Crippen LogP contribution is -1.96. The zero-order chi connectivity index (χ0) is 10.3. The SMILES string of the molecule is Cc1cc(-c2c(N)cnn2C)c(C)[nH]1. The topological polar surface area (TPSA) is 59.6 Å². The Balaban J connectivity index is 2.65. The average Bonchev–Trinajstić information content (AvgIpc) is 2.57. The zero-order valence-corrected chi connectivity index (χ0v) is 8.63. The molecule has 2 aromatic rings. The summed E-state index contributed by atoms with van der Waals surface area (Å²) in [5.74, 6) is 0. The molecule has 0 spiro atoms. The van der Waals surface area contributed by atoms with Crippen molar-refractivity contribution in [1.29, 1.82) is 0 Å². The van der Waals surface area contributed by atoms with E-state index in [2.05, 4.69) is 16.1 Å². The maximum Gasteiger partial charge on any atom is 0.0926 e. The molecule has 2 rings (SSSR count). The van der Waals surface area contributed by atoms with E-state index in [0.29, 0.717) is 0 Å². The number of anilines is 1. The lowest BCUT2D eigenvalue weighted by molar-refractivity contribution is 0.775. The first-order chi connectivity index (χ1) is 6.59. The van der Waals surface area contributed by atoms with Crippen molar-refractivity contribution in [2.24, 2.45) is 7.05 Å². The van der Waals surface area contributed by atoms with Crippen molar-refractivity contribution in [3.63, 3.8) is 0 Å². The van der Waals surface area contributed by atoms with E-state index in [1.54, 1.807) is 10.9 Å². The molecule has 0 saturated heterocycles. The second kappa shape index (κ2) is 2.90. The van der Waals surface area contributed by atoms with Crippen molar-refractivity contribution >= 4 is 5.69 Å². The Morgan fingerprint density at radius 3 is 2.57 bits per heavy atom. The molecule has 2 heterocycles. The maximum absolute atomic E-state index is 5.85. The molecule has 0 fully saturated rings. The molecule has 0 aliphatic carbocycles. The second-order valence-corrected chi connectivity index (χ2v) is 3.56. The maximum atomic E-state index is 5.85. The fourth-order valence-electron chi connectivity index (χ4n) is 1.75. The zero-order valence-electron chi connectivity index (χ0n) is 8.63. The minimum atomic E-state index is 0.717. The molecule has 3 N–H and O–H groups in total. The van der Waals surface area contributed by atoms with E-state index in [0.717, 1.165) is 28.3 Å². The van der Waals surface area contributed by atoms with Gasteiger partial charge in [-0.1, -0.05) is 0 Å². The van der Waals surface area contributed by atoms with Gasteiger partial charge in [-0.3, -0.25) is 4.68 Å². The van der Waals surface area contributed by atoms with E-state index in [1.807, 2.05) is 20.9 Å². The molecular weight excluding hydrogens is 176 g/mol. The number of aromatic nitrogens is 3. The summed E-state index contributed by atoms with van der Waals surface area (Å²) in [7, 11) is 1.90. The molecule has 0 aromatic carbocycles. The van der Waals surface area contributed by atoms with Crippen LogP contribution in [-0.4, -0.2) is 14.8 Å². The third kappa shape index (κ3) is 1.19. The third-order valence-electron chi connectivity index (χ3n) is 2.37. The first-order valence-corrected chi connectivity index (χ1v) is 4.53. The van der Waals surface area contributed by atoms with Gasteiger partial charge in [-0.15, -0.1) is 0 Å². The lowest BCUT2D eigenvalue weighted by atomic mass is 10.1. The highest BCUT2D eigenvalue weighted by atomic mass is 15.3. The Morgan fingerprint density at radius 2 is 2.14 bits per heavy atom. The van der Waals surface area contributed by atoms with Crippen molar-refractivity contribution in [3.05, 3.63) is 23.7 Å². The summed E-state index contributed by atoms with van der Waals surface area (Å²) >= 11 is 0. The number of aryl methyl sites for hydroxylation is 3. The van der Waals surface area contributed by atoms with Crippen molar-refractivity contribution in [2.75, 3.05) is 5.73 Å². The van der Waals surface area contributed by atoms with Gasteiger partial charge in [0.05, 0.1) is 17.6 Å². The Hall–Kier alpha value is -1.71. The number of aromatic amines is 1. The summed E-state index contributed by atoms with van der Waals surface area (Å²) in [5.41, 5.74) is 10.9. The fraction of sp³-hybridized carbons (Fsp3) is 0.300. The minimum absolute atomic E-state index is 0.717. The molecule has 0 aliphatic heterocycles. The summed E-state index contributed by atoms with van der Waals surface area (Å²) in [4.78, 5) is 3.25. The number of hydrogen-bond donors (Lipinski definition) is 2. The van der Waals surface area contributed by atoms with Gasteiger partial charge in [-0.05, 0) is 19.9 Å². The summed E-state index contributed by atoms with van der Waals surface area (Å²) in [6.45, 7) is 4.07. The summed E-state index contributed by atoms with van der Waals surface area (Å²) in [5, 5.41) is 4.12. The van der Waals surface area contributed by atoms with Gasteiger partial charge in [0.2, 0.25) is 0 Å². The first kappa shape index (κ1) is 8.87. The van der Waals surface area contributed by atoms with E-state index in [-0.39, 0.29) is 0 Å². The highest BCUT2D eigenvalue weighted by Crippen LogP contribution is 2.28. The Labute approximate surface area is 82.7 Å². The van der Waals surface area contributed by atoms with Crippen LogP contribution < -0.4 is 5.73 Å². The predicted molar refractivity (Wildman–Crippen MR) is 56.9 cm³/mol. The number of hydrogen-bond acceptors (Lipinski definition) is 2. The van der Waals surface area contributed by atoms with Crippen molar-refractivity contribution in [2.45, 2.75) is 13.8 Å². The van der Waals surface area contributed by atoms with Crippen LogP contribution in [-0.2, 0) is 7.05 Å².